The molecule has 15 heavy (non-hydrogen) atoms. The van der Waals surface area contributed by atoms with Gasteiger partial charge in [-0.1, -0.05) is 6.07 Å². The van der Waals surface area contributed by atoms with Crippen LogP contribution < -0.4 is 5.32 Å². The lowest BCUT2D eigenvalue weighted by Crippen LogP contribution is -2.65. The number of carbonyl (C=O) groups excluding carboxylic acids is 1. The molecular weight excluding hydrogens is 188 g/mol. The number of piperidine rings is 2. The molecule has 1 saturated carbocycles. The van der Waals surface area contributed by atoms with Crippen molar-refractivity contribution in [2.75, 3.05) is 6.54 Å². The van der Waals surface area contributed by atoms with Gasteiger partial charge in [0.2, 0.25) is 5.78 Å². The molecule has 0 amide bonds. The lowest BCUT2D eigenvalue weighted by atomic mass is 9.61. The highest BCUT2D eigenvalue weighted by atomic mass is 16.1. The van der Waals surface area contributed by atoms with Gasteiger partial charge in [-0.05, 0) is 43.9 Å². The van der Waals surface area contributed by atoms with Crippen LogP contribution in [0.15, 0.2) is 24.4 Å². The largest absolute Gasteiger partial charge is 0.305 e. The van der Waals surface area contributed by atoms with Crippen molar-refractivity contribution in [2.45, 2.75) is 24.8 Å². The van der Waals surface area contributed by atoms with Crippen LogP contribution in [-0.4, -0.2) is 22.9 Å². The number of fused-ring (bicyclic) bond motifs is 2. The van der Waals surface area contributed by atoms with Crippen LogP contribution >= 0.6 is 0 Å². The summed E-state index contributed by atoms with van der Waals surface area (Å²) in [6.45, 7) is 0.975. The maximum Gasteiger partial charge on any atom is 0.201 e. The van der Waals surface area contributed by atoms with Gasteiger partial charge >= 0.3 is 0 Å². The van der Waals surface area contributed by atoms with Gasteiger partial charge in [0.05, 0.1) is 5.54 Å². The zero-order valence-electron chi connectivity index (χ0n) is 8.57. The number of rotatable bonds is 2. The third-order valence-electron chi connectivity index (χ3n) is 3.62. The van der Waals surface area contributed by atoms with E-state index in [1.165, 1.54) is 6.42 Å². The molecule has 3 heterocycles. The molecule has 0 atom stereocenters. The third kappa shape index (κ3) is 1.30. The zero-order chi connectivity index (χ0) is 10.3. The molecule has 78 valence electrons. The Labute approximate surface area is 88.9 Å². The number of Topliss-reactive ketones (excluding diaryl/α,β-unsaturated/α-hetero) is 1. The summed E-state index contributed by atoms with van der Waals surface area (Å²) in [5, 5.41) is 3.37. The molecule has 0 spiro atoms. The summed E-state index contributed by atoms with van der Waals surface area (Å²) in [5.41, 5.74) is 0.336. The van der Waals surface area contributed by atoms with E-state index >= 15 is 0 Å². The summed E-state index contributed by atoms with van der Waals surface area (Å²) in [5.74, 6) is 0.943. The molecule has 1 aromatic rings. The van der Waals surface area contributed by atoms with E-state index in [-0.39, 0.29) is 11.3 Å². The molecule has 3 nitrogen and oxygen atoms in total. The standard InChI is InChI=1S/C12H14N2O/c15-11(10-3-1-2-5-13-10)12-7-9(8-12)4-6-14-12/h1-3,5,9,14H,4,6-8H2. The fourth-order valence-electron chi connectivity index (χ4n) is 2.80. The molecule has 1 N–H and O–H groups in total. The molecule has 0 aromatic carbocycles. The predicted octanol–water partition coefficient (Wildman–Crippen LogP) is 1.41. The first-order valence-corrected chi connectivity index (χ1v) is 5.51. The molecule has 2 aliphatic heterocycles. The summed E-state index contributed by atoms with van der Waals surface area (Å²) in [7, 11) is 0. The zero-order valence-corrected chi connectivity index (χ0v) is 8.57. The Morgan fingerprint density at radius 2 is 2.33 bits per heavy atom. The van der Waals surface area contributed by atoms with E-state index in [9.17, 15) is 4.79 Å². The van der Waals surface area contributed by atoms with Crippen LogP contribution in [-0.2, 0) is 0 Å². The average molecular weight is 202 g/mol. The van der Waals surface area contributed by atoms with Gasteiger partial charge in [-0.15, -0.1) is 0 Å². The number of hydrogen-bond acceptors (Lipinski definition) is 3. The van der Waals surface area contributed by atoms with Gasteiger partial charge in [0.25, 0.3) is 0 Å². The van der Waals surface area contributed by atoms with Gasteiger partial charge in [0, 0.05) is 6.20 Å². The number of aromatic nitrogens is 1. The van der Waals surface area contributed by atoms with Gasteiger partial charge < -0.3 is 5.32 Å². The van der Waals surface area contributed by atoms with E-state index in [2.05, 4.69) is 10.3 Å². The molecule has 2 saturated heterocycles. The van der Waals surface area contributed by atoms with E-state index in [0.717, 1.165) is 25.3 Å². The average Bonchev–Trinajstić information content (AvgIpc) is 2.29. The Bertz CT molecular complexity index is 376. The first-order chi connectivity index (χ1) is 7.30. The minimum absolute atomic E-state index is 0.180. The summed E-state index contributed by atoms with van der Waals surface area (Å²) >= 11 is 0. The molecule has 1 aliphatic carbocycles. The van der Waals surface area contributed by atoms with Crippen LogP contribution in [0.2, 0.25) is 0 Å². The second-order valence-corrected chi connectivity index (χ2v) is 4.62. The van der Waals surface area contributed by atoms with Gasteiger partial charge in [0.1, 0.15) is 5.69 Å². The van der Waals surface area contributed by atoms with Crippen molar-refractivity contribution in [2.24, 2.45) is 5.92 Å². The molecule has 3 aliphatic rings. The fraction of sp³-hybridized carbons (Fsp3) is 0.500. The molecule has 1 aromatic heterocycles. The van der Waals surface area contributed by atoms with Gasteiger partial charge in [-0.2, -0.15) is 0 Å². The van der Waals surface area contributed by atoms with Gasteiger partial charge in [-0.25, -0.2) is 0 Å². The lowest BCUT2D eigenvalue weighted by molar-refractivity contribution is 0.0386. The fourth-order valence-corrected chi connectivity index (χ4v) is 2.80. The predicted molar refractivity (Wildman–Crippen MR) is 56.6 cm³/mol. The minimum atomic E-state index is -0.267. The van der Waals surface area contributed by atoms with E-state index in [1.54, 1.807) is 12.3 Å². The maximum atomic E-state index is 12.2. The van der Waals surface area contributed by atoms with Crippen LogP contribution in [0.4, 0.5) is 0 Å². The summed E-state index contributed by atoms with van der Waals surface area (Å²) in [6.07, 6.45) is 4.91. The van der Waals surface area contributed by atoms with E-state index < -0.39 is 0 Å². The van der Waals surface area contributed by atoms with Crippen LogP contribution in [0.3, 0.4) is 0 Å². The Hall–Kier alpha value is -1.22. The maximum absolute atomic E-state index is 12.2. The van der Waals surface area contributed by atoms with E-state index in [0.29, 0.717) is 5.69 Å². The second kappa shape index (κ2) is 3.14. The molecule has 0 radical (unpaired) electrons. The quantitative estimate of drug-likeness (QED) is 0.737. The molecule has 0 unspecified atom stereocenters. The van der Waals surface area contributed by atoms with Crippen LogP contribution in [0.5, 0.6) is 0 Å². The molecule has 2 bridgehead atoms. The van der Waals surface area contributed by atoms with Crippen molar-refractivity contribution in [3.63, 3.8) is 0 Å². The topological polar surface area (TPSA) is 42.0 Å². The van der Waals surface area contributed by atoms with Gasteiger partial charge in [-0.3, -0.25) is 9.78 Å². The monoisotopic (exact) mass is 202 g/mol. The SMILES string of the molecule is O=C(c1ccccn1)C12CC(CCN1)C2. The molecule has 4 rings (SSSR count). The molecule has 3 fully saturated rings. The summed E-state index contributed by atoms with van der Waals surface area (Å²) < 4.78 is 0. The summed E-state index contributed by atoms with van der Waals surface area (Å²) in [4.78, 5) is 16.4. The number of nitrogens with one attached hydrogen (secondary N) is 1. The lowest BCUT2D eigenvalue weighted by Gasteiger charge is -2.51. The number of pyridine rings is 1. The number of carbonyl (C=O) groups is 1. The highest BCUT2D eigenvalue weighted by Gasteiger charge is 2.52. The van der Waals surface area contributed by atoms with Crippen LogP contribution in [0, 0.1) is 5.92 Å². The van der Waals surface area contributed by atoms with Crippen molar-refractivity contribution in [3.8, 4) is 0 Å². The van der Waals surface area contributed by atoms with Crippen molar-refractivity contribution >= 4 is 5.78 Å². The Balaban J connectivity index is 1.86. The number of hydrogen-bond donors (Lipinski definition) is 1. The van der Waals surface area contributed by atoms with Gasteiger partial charge in [0.15, 0.2) is 0 Å². The third-order valence-corrected chi connectivity index (χ3v) is 3.62. The Morgan fingerprint density at radius 3 is 2.93 bits per heavy atom. The van der Waals surface area contributed by atoms with E-state index in [4.69, 9.17) is 0 Å². The van der Waals surface area contributed by atoms with Crippen molar-refractivity contribution < 1.29 is 4.79 Å². The normalized spacial score (nSPS) is 33.2. The minimum Gasteiger partial charge on any atom is -0.305 e. The second-order valence-electron chi connectivity index (χ2n) is 4.62. The molecular formula is C12H14N2O. The van der Waals surface area contributed by atoms with Crippen molar-refractivity contribution in [3.05, 3.63) is 30.1 Å². The van der Waals surface area contributed by atoms with Crippen LogP contribution in [0.25, 0.3) is 0 Å². The first kappa shape index (κ1) is 9.04. The Kier molecular flexibility index (Phi) is 1.89. The number of ketones is 1. The van der Waals surface area contributed by atoms with Crippen molar-refractivity contribution in [1.82, 2.24) is 10.3 Å². The van der Waals surface area contributed by atoms with E-state index in [1.807, 2.05) is 12.1 Å². The van der Waals surface area contributed by atoms with Crippen molar-refractivity contribution in [1.29, 1.82) is 0 Å². The smallest absolute Gasteiger partial charge is 0.201 e. The Morgan fingerprint density at radius 1 is 1.47 bits per heavy atom. The first-order valence-electron chi connectivity index (χ1n) is 5.51. The van der Waals surface area contributed by atoms with Crippen LogP contribution in [0.1, 0.15) is 29.8 Å². The summed E-state index contributed by atoms with van der Waals surface area (Å²) in [6, 6.07) is 5.52. The highest BCUT2D eigenvalue weighted by molar-refractivity contribution is 6.02. The number of nitrogens with zero attached hydrogens (tertiary/aromatic N) is 1. The molecule has 3 heteroatoms. The highest BCUT2D eigenvalue weighted by Crippen LogP contribution is 2.44.